The first kappa shape index (κ1) is 26.2. The van der Waals surface area contributed by atoms with Crippen molar-refractivity contribution in [3.8, 4) is 5.75 Å². The largest absolute Gasteiger partial charge is 0.493 e. The summed E-state index contributed by atoms with van der Waals surface area (Å²) < 4.78 is 24.5. The van der Waals surface area contributed by atoms with Crippen molar-refractivity contribution in [1.29, 1.82) is 0 Å². The molecule has 0 saturated carbocycles. The Morgan fingerprint density at radius 2 is 1.24 bits per heavy atom. The normalized spacial score (nSPS) is 12.9. The predicted octanol–water partition coefficient (Wildman–Crippen LogP) is 7.55. The molecule has 182 valence electrons. The molecule has 1 unspecified atom stereocenters. The Bertz CT molecular complexity index is 988. The molecular formula is C29H37O4P. The van der Waals surface area contributed by atoms with Crippen molar-refractivity contribution < 1.29 is 18.7 Å². The van der Waals surface area contributed by atoms with Crippen molar-refractivity contribution in [3.05, 3.63) is 101 Å². The van der Waals surface area contributed by atoms with E-state index in [2.05, 4.69) is 31.2 Å². The average Bonchev–Trinajstić information content (AvgIpc) is 2.82. The van der Waals surface area contributed by atoms with Crippen LogP contribution < -0.4 is 4.74 Å². The van der Waals surface area contributed by atoms with Gasteiger partial charge in [-0.05, 0) is 40.7 Å². The standard InChI is InChI=1S/C29H37O4P/c1-3-5-17-32-29-27(19-24-13-9-7-10-14-24)21-26(23-34(30,31)33-18-6-4-2)22-28(29)20-25-15-11-8-12-16-25/h7-16,21-22H,3-6,17-20,23H2,1-2H3,(H,30,31). The van der Waals surface area contributed by atoms with E-state index in [-0.39, 0.29) is 6.16 Å². The van der Waals surface area contributed by atoms with E-state index in [0.29, 0.717) is 26.1 Å². The Morgan fingerprint density at radius 3 is 1.74 bits per heavy atom. The number of benzene rings is 3. The predicted molar refractivity (Wildman–Crippen MR) is 140 cm³/mol. The number of hydrogen-bond acceptors (Lipinski definition) is 3. The molecule has 0 aliphatic heterocycles. The summed E-state index contributed by atoms with van der Waals surface area (Å²) in [7, 11) is -3.73. The first-order valence-electron chi connectivity index (χ1n) is 12.3. The molecule has 1 atom stereocenters. The van der Waals surface area contributed by atoms with Crippen LogP contribution in [0.4, 0.5) is 0 Å². The second-order valence-electron chi connectivity index (χ2n) is 8.75. The zero-order chi connectivity index (χ0) is 24.2. The summed E-state index contributed by atoms with van der Waals surface area (Å²) >= 11 is 0. The molecule has 0 aromatic heterocycles. The van der Waals surface area contributed by atoms with Crippen molar-refractivity contribution >= 4 is 7.60 Å². The minimum atomic E-state index is -3.73. The van der Waals surface area contributed by atoms with Crippen molar-refractivity contribution in [1.82, 2.24) is 0 Å². The van der Waals surface area contributed by atoms with Crippen LogP contribution in [0, 0.1) is 0 Å². The van der Waals surface area contributed by atoms with Crippen LogP contribution in [0.2, 0.25) is 0 Å². The zero-order valence-electron chi connectivity index (χ0n) is 20.4. The highest BCUT2D eigenvalue weighted by molar-refractivity contribution is 7.51. The van der Waals surface area contributed by atoms with Gasteiger partial charge in [-0.25, -0.2) is 0 Å². The smallest absolute Gasteiger partial charge is 0.332 e. The highest BCUT2D eigenvalue weighted by atomic mass is 31.2. The number of unbranched alkanes of at least 4 members (excludes halogenated alkanes) is 2. The van der Waals surface area contributed by atoms with Crippen LogP contribution in [-0.2, 0) is 28.1 Å². The lowest BCUT2D eigenvalue weighted by Crippen LogP contribution is -2.07. The van der Waals surface area contributed by atoms with Crippen LogP contribution in [0.1, 0.15) is 67.3 Å². The second-order valence-corrected chi connectivity index (χ2v) is 10.6. The van der Waals surface area contributed by atoms with Crippen molar-refractivity contribution in [3.63, 3.8) is 0 Å². The lowest BCUT2D eigenvalue weighted by Gasteiger charge is -2.20. The molecule has 3 rings (SSSR count). The van der Waals surface area contributed by atoms with Gasteiger partial charge in [0.1, 0.15) is 5.75 Å². The SMILES string of the molecule is CCCCOc1c(Cc2ccccc2)cc(CP(=O)(O)OCCCC)cc1Cc1ccccc1. The molecule has 0 aliphatic carbocycles. The van der Waals surface area contributed by atoms with Crippen LogP contribution in [0.25, 0.3) is 0 Å². The molecule has 4 nitrogen and oxygen atoms in total. The maximum atomic E-state index is 12.8. The minimum Gasteiger partial charge on any atom is -0.493 e. The Balaban J connectivity index is 2.00. The van der Waals surface area contributed by atoms with Gasteiger partial charge in [-0.2, -0.15) is 0 Å². The molecule has 0 heterocycles. The highest BCUT2D eigenvalue weighted by Crippen LogP contribution is 2.47. The summed E-state index contributed by atoms with van der Waals surface area (Å²) in [4.78, 5) is 10.5. The average molecular weight is 481 g/mol. The number of hydrogen-bond donors (Lipinski definition) is 1. The Kier molecular flexibility index (Phi) is 10.4. The van der Waals surface area contributed by atoms with Crippen molar-refractivity contribution in [2.24, 2.45) is 0 Å². The summed E-state index contributed by atoms with van der Waals surface area (Å²) in [5, 5.41) is 0. The quantitative estimate of drug-likeness (QED) is 0.191. The molecule has 0 spiro atoms. The van der Waals surface area contributed by atoms with Crippen molar-refractivity contribution in [2.45, 2.75) is 58.5 Å². The molecule has 3 aromatic carbocycles. The van der Waals surface area contributed by atoms with Crippen molar-refractivity contribution in [2.75, 3.05) is 13.2 Å². The first-order valence-corrected chi connectivity index (χ1v) is 14.1. The molecule has 3 aromatic rings. The van der Waals surface area contributed by atoms with Gasteiger partial charge < -0.3 is 14.2 Å². The van der Waals surface area contributed by atoms with E-state index < -0.39 is 7.60 Å². The summed E-state index contributed by atoms with van der Waals surface area (Å²) in [6, 6.07) is 24.6. The van der Waals surface area contributed by atoms with E-state index in [4.69, 9.17) is 9.26 Å². The highest BCUT2D eigenvalue weighted by Gasteiger charge is 2.22. The summed E-state index contributed by atoms with van der Waals surface area (Å²) in [5.41, 5.74) is 5.25. The van der Waals surface area contributed by atoms with Gasteiger partial charge in [0, 0.05) is 12.8 Å². The fourth-order valence-corrected chi connectivity index (χ4v) is 5.09. The molecule has 0 bridgehead atoms. The summed E-state index contributed by atoms with van der Waals surface area (Å²) in [6.07, 6.45) is 5.13. The molecule has 0 saturated heterocycles. The minimum absolute atomic E-state index is 0.00443. The zero-order valence-corrected chi connectivity index (χ0v) is 21.3. The maximum absolute atomic E-state index is 12.8. The third kappa shape index (κ3) is 8.43. The first-order chi connectivity index (χ1) is 16.5. The van der Waals surface area contributed by atoms with Gasteiger partial charge in [0.05, 0.1) is 19.4 Å². The van der Waals surface area contributed by atoms with E-state index in [1.807, 2.05) is 55.5 Å². The van der Waals surface area contributed by atoms with Gasteiger partial charge >= 0.3 is 7.60 Å². The fourth-order valence-electron chi connectivity index (χ4n) is 3.94. The Labute approximate surface area is 204 Å². The lowest BCUT2D eigenvalue weighted by molar-refractivity contribution is 0.254. The van der Waals surface area contributed by atoms with E-state index in [0.717, 1.165) is 48.1 Å². The van der Waals surface area contributed by atoms with Crippen LogP contribution >= 0.6 is 7.60 Å². The van der Waals surface area contributed by atoms with Crippen LogP contribution in [0.5, 0.6) is 5.75 Å². The number of ether oxygens (including phenoxy) is 1. The summed E-state index contributed by atoms with van der Waals surface area (Å²) in [5.74, 6) is 0.893. The van der Waals surface area contributed by atoms with Crippen LogP contribution in [0.15, 0.2) is 72.8 Å². The molecule has 0 aliphatic rings. The monoisotopic (exact) mass is 480 g/mol. The Morgan fingerprint density at radius 1 is 0.735 bits per heavy atom. The van der Waals surface area contributed by atoms with Gasteiger partial charge in [0.25, 0.3) is 0 Å². The number of rotatable bonds is 14. The third-order valence-electron chi connectivity index (χ3n) is 5.69. The molecule has 1 N–H and O–H groups in total. The molecular weight excluding hydrogens is 443 g/mol. The Hall–Kier alpha value is -2.39. The molecule has 0 radical (unpaired) electrons. The van der Waals surface area contributed by atoms with Gasteiger partial charge in [-0.15, -0.1) is 0 Å². The van der Waals surface area contributed by atoms with E-state index >= 15 is 0 Å². The van der Waals surface area contributed by atoms with Gasteiger partial charge in [0.2, 0.25) is 0 Å². The van der Waals surface area contributed by atoms with Gasteiger partial charge in [-0.3, -0.25) is 4.57 Å². The third-order valence-corrected chi connectivity index (χ3v) is 7.05. The van der Waals surface area contributed by atoms with Crippen LogP contribution in [0.3, 0.4) is 0 Å². The van der Waals surface area contributed by atoms with Gasteiger partial charge in [0.15, 0.2) is 0 Å². The summed E-state index contributed by atoms with van der Waals surface area (Å²) in [6.45, 7) is 5.14. The van der Waals surface area contributed by atoms with E-state index in [1.54, 1.807) is 0 Å². The second kappa shape index (κ2) is 13.5. The fraction of sp³-hybridized carbons (Fsp3) is 0.379. The molecule has 5 heteroatoms. The molecule has 34 heavy (non-hydrogen) atoms. The van der Waals surface area contributed by atoms with E-state index in [1.165, 1.54) is 11.1 Å². The topological polar surface area (TPSA) is 55.8 Å². The molecule has 0 fully saturated rings. The lowest BCUT2D eigenvalue weighted by atomic mass is 9.95. The van der Waals surface area contributed by atoms with Crippen LogP contribution in [-0.4, -0.2) is 18.1 Å². The van der Waals surface area contributed by atoms with E-state index in [9.17, 15) is 9.46 Å². The van der Waals surface area contributed by atoms with Gasteiger partial charge in [-0.1, -0.05) is 99.5 Å². The molecule has 0 amide bonds. The maximum Gasteiger partial charge on any atom is 0.332 e.